The number of nitrogens with one attached hydrogen (secondary N) is 1. The molecule has 0 radical (unpaired) electrons. The zero-order chi connectivity index (χ0) is 29.5. The molecule has 0 spiro atoms. The van der Waals surface area contributed by atoms with E-state index in [0.29, 0.717) is 43.3 Å². The second-order valence-electron chi connectivity index (χ2n) is 11.5. The van der Waals surface area contributed by atoms with Gasteiger partial charge in [-0.3, -0.25) is 14.5 Å². The molecule has 42 heavy (non-hydrogen) atoms. The summed E-state index contributed by atoms with van der Waals surface area (Å²) >= 11 is 0. The lowest BCUT2D eigenvalue weighted by Gasteiger charge is -2.39. The van der Waals surface area contributed by atoms with Gasteiger partial charge in [-0.05, 0) is 87.1 Å². The number of carbonyl (C=O) groups is 2. The molecule has 1 N–H and O–H groups in total. The summed E-state index contributed by atoms with van der Waals surface area (Å²) in [5.41, 5.74) is 13.6. The van der Waals surface area contributed by atoms with E-state index in [1.807, 2.05) is 62.1 Å². The third-order valence-electron chi connectivity index (χ3n) is 8.80. The number of hydrogen-bond donors (Lipinski definition) is 1. The fourth-order valence-corrected chi connectivity index (χ4v) is 6.28. The summed E-state index contributed by atoms with van der Waals surface area (Å²) in [6, 6.07) is 16.4. The van der Waals surface area contributed by atoms with Crippen LogP contribution in [0, 0.1) is 19.8 Å². The molecule has 0 saturated carbocycles. The lowest BCUT2D eigenvalue weighted by atomic mass is 9.91. The van der Waals surface area contributed by atoms with Gasteiger partial charge in [0.05, 0.1) is 17.1 Å². The Morgan fingerprint density at radius 1 is 1.10 bits per heavy atom. The quantitative estimate of drug-likeness (QED) is 0.349. The Morgan fingerprint density at radius 3 is 2.55 bits per heavy atom. The molecule has 3 aliphatic heterocycles. The molecule has 2 amide bonds. The van der Waals surface area contributed by atoms with Gasteiger partial charge in [0.25, 0.3) is 11.8 Å². The van der Waals surface area contributed by atoms with E-state index >= 15 is 0 Å². The van der Waals surface area contributed by atoms with Crippen LogP contribution < -0.4 is 10.2 Å². The number of nitrogens with zero attached hydrogens (tertiary/aromatic N) is 3. The van der Waals surface area contributed by atoms with Crippen LogP contribution in [0.2, 0.25) is 0 Å². The Bertz CT molecular complexity index is 1670. The maximum Gasteiger partial charge on any atom is 0.272 e. The average molecular weight is 563 g/mol. The molecule has 7 nitrogen and oxygen atoms in total. The van der Waals surface area contributed by atoms with E-state index in [1.54, 1.807) is 0 Å². The monoisotopic (exact) mass is 562 g/mol. The summed E-state index contributed by atoms with van der Waals surface area (Å²) in [7, 11) is 2.07. The third-order valence-corrected chi connectivity index (χ3v) is 8.80. The van der Waals surface area contributed by atoms with Crippen molar-refractivity contribution in [2.45, 2.75) is 47.1 Å². The number of ether oxygens (including phenoxy) is 1. The Labute approximate surface area is 247 Å². The van der Waals surface area contributed by atoms with E-state index in [0.717, 1.165) is 57.9 Å². The van der Waals surface area contributed by atoms with Gasteiger partial charge in [0, 0.05) is 56.2 Å². The maximum atomic E-state index is 14.0. The maximum absolute atomic E-state index is 14.0. The zero-order valence-corrected chi connectivity index (χ0v) is 25.1. The van der Waals surface area contributed by atoms with Crippen molar-refractivity contribution in [1.82, 2.24) is 9.47 Å². The van der Waals surface area contributed by atoms with Crippen molar-refractivity contribution in [1.29, 1.82) is 0 Å². The molecule has 3 aliphatic rings. The molecular weight excluding hydrogens is 524 g/mol. The Morgan fingerprint density at radius 2 is 1.83 bits per heavy atom. The number of aromatic nitrogens is 1. The predicted octanol–water partition coefficient (Wildman–Crippen LogP) is 6.48. The van der Waals surface area contributed by atoms with Crippen molar-refractivity contribution in [3.05, 3.63) is 99.7 Å². The van der Waals surface area contributed by atoms with Gasteiger partial charge in [-0.25, -0.2) is 0 Å². The summed E-state index contributed by atoms with van der Waals surface area (Å²) in [5, 5.41) is 3.07. The van der Waals surface area contributed by atoms with E-state index in [-0.39, 0.29) is 17.7 Å². The molecule has 7 heteroatoms. The van der Waals surface area contributed by atoms with Crippen molar-refractivity contribution in [3.63, 3.8) is 0 Å². The van der Waals surface area contributed by atoms with E-state index in [4.69, 9.17) is 4.74 Å². The van der Waals surface area contributed by atoms with E-state index < -0.39 is 0 Å². The van der Waals surface area contributed by atoms with Gasteiger partial charge >= 0.3 is 0 Å². The molecule has 6 rings (SSSR count). The second kappa shape index (κ2) is 11.2. The number of allylic oxidation sites excluding steroid dienone is 2. The Kier molecular flexibility index (Phi) is 7.40. The third kappa shape index (κ3) is 4.89. The molecular formula is C35H38N4O3. The van der Waals surface area contributed by atoms with Crippen LogP contribution in [0.15, 0.2) is 77.3 Å². The Balaban J connectivity index is 1.33. The van der Waals surface area contributed by atoms with E-state index in [9.17, 15) is 9.59 Å². The lowest BCUT2D eigenvalue weighted by molar-refractivity contribution is -0.113. The first-order valence-electron chi connectivity index (χ1n) is 14.8. The van der Waals surface area contributed by atoms with Crippen LogP contribution in [0.25, 0.3) is 11.3 Å². The highest BCUT2D eigenvalue weighted by molar-refractivity contribution is 6.14. The second-order valence-corrected chi connectivity index (χ2v) is 11.5. The van der Waals surface area contributed by atoms with Crippen molar-refractivity contribution < 1.29 is 14.3 Å². The van der Waals surface area contributed by atoms with Crippen LogP contribution in [0.5, 0.6) is 0 Å². The summed E-state index contributed by atoms with van der Waals surface area (Å²) in [6.07, 6.45) is 3.67. The number of hydrogen-bond acceptors (Lipinski definition) is 4. The number of amides is 2. The van der Waals surface area contributed by atoms with Crippen LogP contribution in [0.4, 0.5) is 11.4 Å². The number of carbonyl (C=O) groups excluding carboxylic acids is 2. The molecule has 3 aromatic rings. The standard InChI is InChI=1S/C35H38N4O3/c1-6-38(21-27-19-30(37(5)24(27)4)25-10-8-7-9-11-25)35(41)28-20-29-32(18-23(28)3)39-31(26-12-14-42-15-13-26)16-22(2)17-33(39)34(40)36-29/h7-11,17-20,26H,6,12-15,21H2,1-5H3,(H,36,40). The molecule has 0 unspecified atom stereocenters. The molecule has 2 aromatic carbocycles. The summed E-state index contributed by atoms with van der Waals surface area (Å²) < 4.78 is 7.80. The van der Waals surface area contributed by atoms with Crippen LogP contribution in [0.3, 0.4) is 0 Å². The van der Waals surface area contributed by atoms with Crippen molar-refractivity contribution >= 4 is 23.2 Å². The van der Waals surface area contributed by atoms with Gasteiger partial charge in [-0.1, -0.05) is 36.1 Å². The lowest BCUT2D eigenvalue weighted by Crippen LogP contribution is -2.40. The van der Waals surface area contributed by atoms with Crippen molar-refractivity contribution in [2.24, 2.45) is 13.0 Å². The minimum atomic E-state index is -0.170. The smallest absolute Gasteiger partial charge is 0.272 e. The van der Waals surface area contributed by atoms with Crippen LogP contribution >= 0.6 is 0 Å². The van der Waals surface area contributed by atoms with Gasteiger partial charge in [0.15, 0.2) is 0 Å². The molecule has 0 aliphatic carbocycles. The van der Waals surface area contributed by atoms with Crippen LogP contribution in [-0.4, -0.2) is 41.0 Å². The first kappa shape index (κ1) is 27.8. The van der Waals surface area contributed by atoms with Gasteiger partial charge in [0.1, 0.15) is 5.70 Å². The van der Waals surface area contributed by atoms with E-state index in [2.05, 4.69) is 52.7 Å². The van der Waals surface area contributed by atoms with Gasteiger partial charge in [0.2, 0.25) is 0 Å². The topological polar surface area (TPSA) is 66.8 Å². The first-order valence-corrected chi connectivity index (χ1v) is 14.8. The number of fused-ring (bicyclic) bond motifs is 3. The molecule has 0 atom stereocenters. The van der Waals surface area contributed by atoms with Crippen molar-refractivity contribution in [2.75, 3.05) is 30.0 Å². The fourth-order valence-electron chi connectivity index (χ4n) is 6.28. The minimum absolute atomic E-state index is 0.0486. The fraction of sp³-hybridized carbons (Fsp3) is 0.343. The predicted molar refractivity (Wildman–Crippen MR) is 166 cm³/mol. The highest BCUT2D eigenvalue weighted by Crippen LogP contribution is 2.43. The van der Waals surface area contributed by atoms with Gasteiger partial charge < -0.3 is 19.5 Å². The molecule has 1 fully saturated rings. The molecule has 0 bridgehead atoms. The largest absolute Gasteiger partial charge is 0.381 e. The molecule has 1 aromatic heterocycles. The van der Waals surface area contributed by atoms with Crippen molar-refractivity contribution in [3.8, 4) is 11.3 Å². The minimum Gasteiger partial charge on any atom is -0.381 e. The summed E-state index contributed by atoms with van der Waals surface area (Å²) in [5.74, 6) is 0.0339. The SMILES string of the molecule is CCN(Cc1cc(-c2ccccc2)n(C)c1C)C(=O)c1cc2c(cc1C)N1C(C3CCOCC3)=C=C(C)C=C1C(=O)N2. The first-order chi connectivity index (χ1) is 20.3. The highest BCUT2D eigenvalue weighted by Gasteiger charge is 2.36. The van der Waals surface area contributed by atoms with Crippen LogP contribution in [0.1, 0.15) is 53.9 Å². The molecule has 1 saturated heterocycles. The number of rotatable bonds is 6. The van der Waals surface area contributed by atoms with E-state index in [1.165, 1.54) is 0 Å². The highest BCUT2D eigenvalue weighted by atomic mass is 16.5. The van der Waals surface area contributed by atoms with Crippen LogP contribution in [-0.2, 0) is 23.1 Å². The molecule has 216 valence electrons. The number of benzene rings is 2. The zero-order valence-electron chi connectivity index (χ0n) is 25.1. The Hall–Kier alpha value is -4.32. The summed E-state index contributed by atoms with van der Waals surface area (Å²) in [6.45, 7) is 10.5. The average Bonchev–Trinajstić information content (AvgIpc) is 3.28. The van der Waals surface area contributed by atoms with Gasteiger partial charge in [-0.2, -0.15) is 0 Å². The number of anilines is 2. The normalized spacial score (nSPS) is 16.6. The van der Waals surface area contributed by atoms with Gasteiger partial charge in [-0.15, -0.1) is 0 Å². The molecule has 4 heterocycles. The summed E-state index contributed by atoms with van der Waals surface area (Å²) in [4.78, 5) is 31.3. The number of aryl methyl sites for hydroxylation is 1.